The standard InChI is InChI=1S/C8H6N4S/c9-4-7-2-1-3-12(7)6-8-5-10-11-13-8/h1-3,5H,6H2. The Hall–Kier alpha value is -1.67. The third-order valence-electron chi connectivity index (χ3n) is 1.68. The summed E-state index contributed by atoms with van der Waals surface area (Å²) in [5.74, 6) is 0. The lowest BCUT2D eigenvalue weighted by Gasteiger charge is -1.99. The van der Waals surface area contributed by atoms with E-state index < -0.39 is 0 Å². The first-order valence-electron chi connectivity index (χ1n) is 3.71. The van der Waals surface area contributed by atoms with Gasteiger partial charge in [0.25, 0.3) is 0 Å². The summed E-state index contributed by atoms with van der Waals surface area (Å²) in [6, 6.07) is 5.76. The molecule has 0 spiro atoms. The third kappa shape index (κ3) is 1.58. The Balaban J connectivity index is 2.24. The molecule has 0 fully saturated rings. The van der Waals surface area contributed by atoms with Gasteiger partial charge in [-0.15, -0.1) is 5.10 Å². The van der Waals surface area contributed by atoms with Gasteiger partial charge in [-0.2, -0.15) is 5.26 Å². The Morgan fingerprint density at radius 1 is 1.62 bits per heavy atom. The first-order chi connectivity index (χ1) is 6.40. The zero-order valence-electron chi connectivity index (χ0n) is 6.71. The van der Waals surface area contributed by atoms with Crippen LogP contribution in [0.4, 0.5) is 0 Å². The van der Waals surface area contributed by atoms with Crippen LogP contribution in [-0.4, -0.2) is 14.2 Å². The fourth-order valence-corrected chi connectivity index (χ4v) is 1.57. The summed E-state index contributed by atoms with van der Waals surface area (Å²) in [5, 5.41) is 12.5. The molecule has 0 amide bonds. The number of hydrogen-bond acceptors (Lipinski definition) is 4. The van der Waals surface area contributed by atoms with Gasteiger partial charge in [-0.3, -0.25) is 0 Å². The Labute approximate surface area is 79.2 Å². The van der Waals surface area contributed by atoms with Crippen LogP contribution >= 0.6 is 11.5 Å². The van der Waals surface area contributed by atoms with E-state index in [4.69, 9.17) is 5.26 Å². The molecule has 0 saturated carbocycles. The number of nitrogens with zero attached hydrogens (tertiary/aromatic N) is 4. The summed E-state index contributed by atoms with van der Waals surface area (Å²) >= 11 is 1.35. The summed E-state index contributed by atoms with van der Waals surface area (Å²) in [5.41, 5.74) is 0.661. The monoisotopic (exact) mass is 190 g/mol. The SMILES string of the molecule is N#Cc1cccn1Cc1cnns1. The van der Waals surface area contributed by atoms with Crippen LogP contribution in [0.15, 0.2) is 24.5 Å². The maximum absolute atomic E-state index is 8.74. The molecule has 0 atom stereocenters. The molecule has 5 heteroatoms. The zero-order chi connectivity index (χ0) is 9.10. The molecule has 0 unspecified atom stereocenters. The van der Waals surface area contributed by atoms with Gasteiger partial charge in [-0.25, -0.2) is 0 Å². The van der Waals surface area contributed by atoms with Gasteiger partial charge in [-0.05, 0) is 23.7 Å². The molecule has 2 aromatic rings. The topological polar surface area (TPSA) is 54.5 Å². The predicted molar refractivity (Wildman–Crippen MR) is 48.2 cm³/mol. The van der Waals surface area contributed by atoms with Crippen molar-refractivity contribution >= 4 is 11.5 Å². The average molecular weight is 190 g/mol. The summed E-state index contributed by atoms with van der Waals surface area (Å²) < 4.78 is 5.62. The van der Waals surface area contributed by atoms with Gasteiger partial charge >= 0.3 is 0 Å². The van der Waals surface area contributed by atoms with Crippen LogP contribution < -0.4 is 0 Å². The highest BCUT2D eigenvalue weighted by Crippen LogP contribution is 2.08. The summed E-state index contributed by atoms with van der Waals surface area (Å²) in [6.07, 6.45) is 3.59. The molecule has 2 heterocycles. The number of nitriles is 1. The van der Waals surface area contributed by atoms with Crippen molar-refractivity contribution in [2.24, 2.45) is 0 Å². The summed E-state index contributed by atoms with van der Waals surface area (Å²) in [7, 11) is 0. The van der Waals surface area contributed by atoms with E-state index in [0.29, 0.717) is 12.2 Å². The fourth-order valence-electron chi connectivity index (χ4n) is 1.08. The average Bonchev–Trinajstić information content (AvgIpc) is 2.76. The second kappa shape index (κ2) is 3.37. The predicted octanol–water partition coefficient (Wildman–Crippen LogP) is 1.26. The highest BCUT2D eigenvalue weighted by Gasteiger charge is 2.01. The van der Waals surface area contributed by atoms with Gasteiger partial charge in [0.2, 0.25) is 0 Å². The molecular weight excluding hydrogens is 184 g/mol. The minimum atomic E-state index is 0.661. The summed E-state index contributed by atoms with van der Waals surface area (Å²) in [4.78, 5) is 1.05. The molecule has 0 aromatic carbocycles. The van der Waals surface area contributed by atoms with Crippen LogP contribution in [0.1, 0.15) is 10.6 Å². The van der Waals surface area contributed by atoms with E-state index in [0.717, 1.165) is 4.88 Å². The van der Waals surface area contributed by atoms with E-state index in [9.17, 15) is 0 Å². The highest BCUT2D eigenvalue weighted by atomic mass is 32.1. The Morgan fingerprint density at radius 2 is 2.54 bits per heavy atom. The fraction of sp³-hybridized carbons (Fsp3) is 0.125. The lowest BCUT2D eigenvalue weighted by atomic mass is 10.4. The number of hydrogen-bond donors (Lipinski definition) is 0. The van der Waals surface area contributed by atoms with Crippen molar-refractivity contribution < 1.29 is 0 Å². The zero-order valence-corrected chi connectivity index (χ0v) is 7.53. The molecule has 0 saturated heterocycles. The van der Waals surface area contributed by atoms with Gasteiger partial charge in [0.05, 0.1) is 17.6 Å². The minimum Gasteiger partial charge on any atom is -0.334 e. The molecule has 0 aliphatic rings. The molecule has 0 bridgehead atoms. The van der Waals surface area contributed by atoms with Gasteiger partial charge in [-0.1, -0.05) is 4.49 Å². The van der Waals surface area contributed by atoms with Crippen molar-refractivity contribution in [3.8, 4) is 6.07 Å². The quantitative estimate of drug-likeness (QED) is 0.716. The molecule has 13 heavy (non-hydrogen) atoms. The van der Waals surface area contributed by atoms with Crippen LogP contribution in [0.3, 0.4) is 0 Å². The van der Waals surface area contributed by atoms with E-state index in [2.05, 4.69) is 15.7 Å². The highest BCUT2D eigenvalue weighted by molar-refractivity contribution is 7.05. The molecule has 2 rings (SSSR count). The van der Waals surface area contributed by atoms with Crippen molar-refractivity contribution in [1.29, 1.82) is 5.26 Å². The van der Waals surface area contributed by atoms with E-state index in [-0.39, 0.29) is 0 Å². The van der Waals surface area contributed by atoms with Crippen molar-refractivity contribution in [3.05, 3.63) is 35.1 Å². The number of rotatable bonds is 2. The second-order valence-electron chi connectivity index (χ2n) is 2.52. The van der Waals surface area contributed by atoms with Gasteiger partial charge in [0.15, 0.2) is 0 Å². The second-order valence-corrected chi connectivity index (χ2v) is 3.39. The molecule has 0 aliphatic carbocycles. The van der Waals surface area contributed by atoms with Crippen LogP contribution in [0.2, 0.25) is 0 Å². The van der Waals surface area contributed by atoms with Crippen molar-refractivity contribution in [2.45, 2.75) is 6.54 Å². The molecule has 0 N–H and O–H groups in total. The third-order valence-corrected chi connectivity index (χ3v) is 2.32. The van der Waals surface area contributed by atoms with Gasteiger partial charge in [0, 0.05) is 6.20 Å². The van der Waals surface area contributed by atoms with E-state index in [1.54, 1.807) is 12.3 Å². The molecular formula is C8H6N4S. The minimum absolute atomic E-state index is 0.661. The molecule has 0 aliphatic heterocycles. The lowest BCUT2D eigenvalue weighted by molar-refractivity contribution is 0.804. The van der Waals surface area contributed by atoms with E-state index in [1.165, 1.54) is 11.5 Å². The van der Waals surface area contributed by atoms with Crippen molar-refractivity contribution in [3.63, 3.8) is 0 Å². The van der Waals surface area contributed by atoms with Crippen LogP contribution in [-0.2, 0) is 6.54 Å². The smallest absolute Gasteiger partial charge is 0.120 e. The Morgan fingerprint density at radius 3 is 3.23 bits per heavy atom. The lowest BCUT2D eigenvalue weighted by Crippen LogP contribution is -1.98. The first-order valence-corrected chi connectivity index (χ1v) is 4.49. The molecule has 0 radical (unpaired) electrons. The van der Waals surface area contributed by atoms with Gasteiger partial charge in [0.1, 0.15) is 11.8 Å². The normalized spacial score (nSPS) is 9.77. The van der Waals surface area contributed by atoms with E-state index in [1.807, 2.05) is 16.8 Å². The summed E-state index contributed by atoms with van der Waals surface area (Å²) in [6.45, 7) is 0.674. The maximum atomic E-state index is 8.74. The Bertz CT molecular complexity index is 423. The van der Waals surface area contributed by atoms with Gasteiger partial charge < -0.3 is 4.57 Å². The number of aromatic nitrogens is 3. The molecule has 64 valence electrons. The van der Waals surface area contributed by atoms with E-state index >= 15 is 0 Å². The molecule has 2 aromatic heterocycles. The maximum Gasteiger partial charge on any atom is 0.120 e. The van der Waals surface area contributed by atoms with Crippen molar-refractivity contribution in [2.75, 3.05) is 0 Å². The van der Waals surface area contributed by atoms with Crippen LogP contribution in [0.25, 0.3) is 0 Å². The largest absolute Gasteiger partial charge is 0.334 e. The Kier molecular flexibility index (Phi) is 2.06. The van der Waals surface area contributed by atoms with Crippen molar-refractivity contribution in [1.82, 2.24) is 14.2 Å². The van der Waals surface area contributed by atoms with Crippen LogP contribution in [0.5, 0.6) is 0 Å². The molecule has 4 nitrogen and oxygen atoms in total. The van der Waals surface area contributed by atoms with Crippen LogP contribution in [0, 0.1) is 11.3 Å². The first kappa shape index (κ1) is 7.95.